The van der Waals surface area contributed by atoms with Crippen molar-refractivity contribution in [3.63, 3.8) is 0 Å². The molecule has 2 aliphatic rings. The van der Waals surface area contributed by atoms with Crippen molar-refractivity contribution >= 4 is 5.78 Å². The molecule has 2 aliphatic carbocycles. The summed E-state index contributed by atoms with van der Waals surface area (Å²) in [5.41, 5.74) is 4.81. The Bertz CT molecular complexity index is 371. The second-order valence-electron chi connectivity index (χ2n) is 4.58. The van der Waals surface area contributed by atoms with E-state index in [1.165, 1.54) is 16.7 Å². The molecular weight excluding hydrogens is 160 g/mol. The van der Waals surface area contributed by atoms with Crippen LogP contribution in [-0.2, 0) is 4.79 Å². The highest BCUT2D eigenvalue weighted by Crippen LogP contribution is 2.60. The lowest BCUT2D eigenvalue weighted by molar-refractivity contribution is -0.123. The summed E-state index contributed by atoms with van der Waals surface area (Å²) in [4.78, 5) is 12.0. The number of carbonyl (C=O) groups is 1. The second kappa shape index (κ2) is 2.14. The van der Waals surface area contributed by atoms with Gasteiger partial charge in [0.25, 0.3) is 0 Å². The average Bonchev–Trinajstić information content (AvgIpc) is 2.27. The van der Waals surface area contributed by atoms with Crippen molar-refractivity contribution in [1.82, 2.24) is 0 Å². The van der Waals surface area contributed by atoms with Crippen LogP contribution in [0.1, 0.15) is 34.6 Å². The predicted molar refractivity (Wildman–Crippen MR) is 53.4 cm³/mol. The summed E-state index contributed by atoms with van der Waals surface area (Å²) in [7, 11) is 0. The summed E-state index contributed by atoms with van der Waals surface area (Å²) in [6.45, 7) is 10.4. The number of carbonyl (C=O) groups excluding carboxylic acids is 1. The first kappa shape index (κ1) is 8.74. The molecule has 0 unspecified atom stereocenters. The number of Topliss-reactive ketones (excluding diaryl/α,β-unsaturated/α-hetero) is 1. The van der Waals surface area contributed by atoms with E-state index in [1.807, 2.05) is 6.92 Å². The summed E-state index contributed by atoms with van der Waals surface area (Å²) < 4.78 is 0. The first-order chi connectivity index (χ1) is 5.92. The van der Waals surface area contributed by atoms with Gasteiger partial charge in [-0.2, -0.15) is 0 Å². The van der Waals surface area contributed by atoms with Crippen LogP contribution in [0.3, 0.4) is 0 Å². The van der Waals surface area contributed by atoms with Crippen molar-refractivity contribution in [2.75, 3.05) is 0 Å². The molecule has 0 heterocycles. The van der Waals surface area contributed by atoms with E-state index in [9.17, 15) is 4.79 Å². The Hall–Kier alpha value is -0.850. The van der Waals surface area contributed by atoms with E-state index in [4.69, 9.17) is 0 Å². The highest BCUT2D eigenvalue weighted by atomic mass is 16.1. The van der Waals surface area contributed by atoms with Gasteiger partial charge in [0.15, 0.2) is 5.78 Å². The summed E-state index contributed by atoms with van der Waals surface area (Å²) >= 11 is 0. The van der Waals surface area contributed by atoms with Crippen molar-refractivity contribution in [3.8, 4) is 0 Å². The lowest BCUT2D eigenvalue weighted by Crippen LogP contribution is -2.41. The van der Waals surface area contributed by atoms with Crippen molar-refractivity contribution in [2.24, 2.45) is 11.3 Å². The first-order valence-corrected chi connectivity index (χ1v) is 4.82. The number of rotatable bonds is 0. The highest BCUT2D eigenvalue weighted by molar-refractivity contribution is 6.07. The summed E-state index contributed by atoms with van der Waals surface area (Å²) in [5, 5.41) is 0. The smallest absolute Gasteiger partial charge is 0.169 e. The highest BCUT2D eigenvalue weighted by Gasteiger charge is 2.56. The van der Waals surface area contributed by atoms with Gasteiger partial charge in [0, 0.05) is 5.92 Å². The predicted octanol–water partition coefficient (Wildman–Crippen LogP) is 2.88. The van der Waals surface area contributed by atoms with Crippen molar-refractivity contribution in [3.05, 3.63) is 22.3 Å². The maximum atomic E-state index is 12.0. The number of hydrogen-bond acceptors (Lipinski definition) is 1. The van der Waals surface area contributed by atoms with Crippen LogP contribution in [-0.4, -0.2) is 5.78 Å². The van der Waals surface area contributed by atoms with E-state index in [0.717, 1.165) is 5.57 Å². The fourth-order valence-corrected chi connectivity index (χ4v) is 3.04. The molecule has 0 aromatic heterocycles. The maximum absolute atomic E-state index is 12.0. The first-order valence-electron chi connectivity index (χ1n) is 4.82. The van der Waals surface area contributed by atoms with Gasteiger partial charge >= 0.3 is 0 Å². The zero-order chi connectivity index (χ0) is 9.96. The molecule has 2 atom stereocenters. The third-order valence-electron chi connectivity index (χ3n) is 4.22. The molecule has 0 aromatic carbocycles. The van der Waals surface area contributed by atoms with Gasteiger partial charge in [-0.1, -0.05) is 16.7 Å². The van der Waals surface area contributed by atoms with Crippen molar-refractivity contribution < 1.29 is 4.79 Å². The number of hydrogen-bond donors (Lipinski definition) is 0. The fourth-order valence-electron chi connectivity index (χ4n) is 3.04. The Kier molecular flexibility index (Phi) is 1.44. The third kappa shape index (κ3) is 0.676. The number of ketones is 1. The van der Waals surface area contributed by atoms with E-state index >= 15 is 0 Å². The minimum Gasteiger partial charge on any atom is -0.294 e. The van der Waals surface area contributed by atoms with Gasteiger partial charge in [0.1, 0.15) is 0 Å². The van der Waals surface area contributed by atoms with Gasteiger partial charge in [-0.05, 0) is 40.2 Å². The van der Waals surface area contributed by atoms with Crippen LogP contribution in [0.25, 0.3) is 0 Å². The molecule has 0 spiro atoms. The zero-order valence-electron chi connectivity index (χ0n) is 8.99. The molecular formula is C12H16O. The normalized spacial score (nSPS) is 38.2. The van der Waals surface area contributed by atoms with Crippen LogP contribution < -0.4 is 0 Å². The minimum atomic E-state index is -0.168. The van der Waals surface area contributed by atoms with Crippen molar-refractivity contribution in [1.29, 1.82) is 0 Å². The molecule has 0 aromatic rings. The molecule has 2 rings (SSSR count). The Morgan fingerprint density at radius 3 is 2.08 bits per heavy atom. The molecule has 0 aliphatic heterocycles. The van der Waals surface area contributed by atoms with E-state index < -0.39 is 0 Å². The lowest BCUT2D eigenvalue weighted by atomic mass is 9.57. The summed E-state index contributed by atoms with van der Waals surface area (Å²) in [6.07, 6.45) is 0. The van der Waals surface area contributed by atoms with Crippen LogP contribution in [0.15, 0.2) is 22.3 Å². The average molecular weight is 176 g/mol. The van der Waals surface area contributed by atoms with E-state index in [-0.39, 0.29) is 5.41 Å². The standard InChI is InChI=1S/C12H16O/c1-6-7(2)11(13)12(5)9(4)8(3)10(6)12/h10H,1-5H3/t10-,12+/m0/s1. The summed E-state index contributed by atoms with van der Waals surface area (Å²) in [6, 6.07) is 0. The molecule has 0 saturated carbocycles. The van der Waals surface area contributed by atoms with Crippen LogP contribution in [0.2, 0.25) is 0 Å². The molecule has 0 amide bonds. The van der Waals surface area contributed by atoms with Gasteiger partial charge in [-0.25, -0.2) is 0 Å². The quantitative estimate of drug-likeness (QED) is 0.519. The largest absolute Gasteiger partial charge is 0.294 e. The molecule has 1 heteroatoms. The molecule has 1 nitrogen and oxygen atoms in total. The molecule has 0 radical (unpaired) electrons. The lowest BCUT2D eigenvalue weighted by Gasteiger charge is -2.44. The van der Waals surface area contributed by atoms with Crippen LogP contribution in [0.5, 0.6) is 0 Å². The van der Waals surface area contributed by atoms with Gasteiger partial charge in [0.2, 0.25) is 0 Å². The summed E-state index contributed by atoms with van der Waals surface area (Å²) in [5.74, 6) is 0.762. The Balaban J connectivity index is 2.60. The topological polar surface area (TPSA) is 17.1 Å². The molecule has 70 valence electrons. The minimum absolute atomic E-state index is 0.168. The van der Waals surface area contributed by atoms with Crippen molar-refractivity contribution in [2.45, 2.75) is 34.6 Å². The van der Waals surface area contributed by atoms with E-state index in [2.05, 4.69) is 27.7 Å². The number of allylic oxidation sites excluding steroid dienone is 4. The Labute approximate surface area is 79.5 Å². The second-order valence-corrected chi connectivity index (χ2v) is 4.58. The number of fused-ring (bicyclic) bond motifs is 1. The van der Waals surface area contributed by atoms with Gasteiger partial charge in [-0.3, -0.25) is 4.79 Å². The molecule has 0 fully saturated rings. The Morgan fingerprint density at radius 2 is 1.62 bits per heavy atom. The Morgan fingerprint density at radius 1 is 1.08 bits per heavy atom. The van der Waals surface area contributed by atoms with E-state index in [0.29, 0.717) is 11.7 Å². The van der Waals surface area contributed by atoms with E-state index in [1.54, 1.807) is 0 Å². The van der Waals surface area contributed by atoms with Gasteiger partial charge < -0.3 is 0 Å². The molecule has 0 N–H and O–H groups in total. The third-order valence-corrected chi connectivity index (χ3v) is 4.22. The monoisotopic (exact) mass is 176 g/mol. The van der Waals surface area contributed by atoms with Crippen LogP contribution in [0, 0.1) is 11.3 Å². The SMILES string of the molecule is CC1=C(C)[C@H]2C(C)=C(C)[C@@]2(C)C1=O. The zero-order valence-corrected chi connectivity index (χ0v) is 8.99. The van der Waals surface area contributed by atoms with Gasteiger partial charge in [0.05, 0.1) is 5.41 Å². The maximum Gasteiger partial charge on any atom is 0.169 e. The van der Waals surface area contributed by atoms with Crippen LogP contribution in [0.4, 0.5) is 0 Å². The molecule has 13 heavy (non-hydrogen) atoms. The van der Waals surface area contributed by atoms with Gasteiger partial charge in [-0.15, -0.1) is 0 Å². The fraction of sp³-hybridized carbons (Fsp3) is 0.583. The molecule has 0 saturated heterocycles. The molecule has 0 bridgehead atoms. The van der Waals surface area contributed by atoms with Crippen LogP contribution >= 0.6 is 0 Å².